The third-order valence-corrected chi connectivity index (χ3v) is 4.65. The molecule has 0 radical (unpaired) electrons. The Morgan fingerprint density at radius 1 is 1.00 bits per heavy atom. The number of halogens is 1. The van der Waals surface area contributed by atoms with Crippen LogP contribution in [-0.2, 0) is 14.4 Å². The van der Waals surface area contributed by atoms with Crippen LogP contribution < -0.4 is 25.0 Å². The summed E-state index contributed by atoms with van der Waals surface area (Å²) in [6, 6.07) is 9.51. The van der Waals surface area contributed by atoms with Gasteiger partial charge in [0.1, 0.15) is 11.5 Å². The molecule has 3 rings (SSSR count). The van der Waals surface area contributed by atoms with Gasteiger partial charge >= 0.3 is 11.8 Å². The molecule has 0 atom stereocenters. The zero-order valence-corrected chi connectivity index (χ0v) is 16.7. The fourth-order valence-corrected chi connectivity index (χ4v) is 3.20. The predicted molar refractivity (Wildman–Crippen MR) is 110 cm³/mol. The first-order valence-corrected chi connectivity index (χ1v) is 9.25. The highest BCUT2D eigenvalue weighted by Gasteiger charge is 2.25. The Hall–Kier alpha value is -3.26. The number of methoxy groups -OCH3 is 2. The molecule has 1 saturated heterocycles. The van der Waals surface area contributed by atoms with Crippen LogP contribution in [0.4, 0.5) is 17.1 Å². The third kappa shape index (κ3) is 4.60. The summed E-state index contributed by atoms with van der Waals surface area (Å²) in [5, 5.41) is 5.37. The molecule has 1 fully saturated rings. The fourth-order valence-electron chi connectivity index (χ4n) is 3.03. The highest BCUT2D eigenvalue weighted by molar-refractivity contribution is 6.44. The van der Waals surface area contributed by atoms with Gasteiger partial charge in [0, 0.05) is 29.7 Å². The van der Waals surface area contributed by atoms with Gasteiger partial charge in [-0.2, -0.15) is 0 Å². The largest absolute Gasteiger partial charge is 0.495 e. The van der Waals surface area contributed by atoms with Gasteiger partial charge in [-0.15, -0.1) is 0 Å². The van der Waals surface area contributed by atoms with Crippen molar-refractivity contribution in [1.82, 2.24) is 0 Å². The first-order chi connectivity index (χ1) is 13.9. The second-order valence-electron chi connectivity index (χ2n) is 6.29. The molecule has 0 aliphatic carbocycles. The number of ether oxygens (including phenoxy) is 2. The van der Waals surface area contributed by atoms with Crippen LogP contribution in [0.2, 0.25) is 5.02 Å². The number of carbonyl (C=O) groups excluding carboxylic acids is 3. The Kier molecular flexibility index (Phi) is 6.23. The molecule has 1 heterocycles. The van der Waals surface area contributed by atoms with Gasteiger partial charge in [0.05, 0.1) is 25.6 Å². The number of benzene rings is 2. The normalized spacial score (nSPS) is 13.2. The van der Waals surface area contributed by atoms with E-state index in [9.17, 15) is 14.4 Å². The Bertz CT molecular complexity index is 963. The van der Waals surface area contributed by atoms with Crippen LogP contribution in [0.5, 0.6) is 11.5 Å². The van der Waals surface area contributed by atoms with Gasteiger partial charge in [-0.25, -0.2) is 0 Å². The molecule has 1 aliphatic heterocycles. The Morgan fingerprint density at radius 3 is 2.38 bits per heavy atom. The van der Waals surface area contributed by atoms with Crippen LogP contribution in [0.15, 0.2) is 36.4 Å². The van der Waals surface area contributed by atoms with Gasteiger partial charge in [-0.05, 0) is 36.8 Å². The summed E-state index contributed by atoms with van der Waals surface area (Å²) in [5.74, 6) is -0.941. The first kappa shape index (κ1) is 20.5. The van der Waals surface area contributed by atoms with Gasteiger partial charge in [-0.3, -0.25) is 14.4 Å². The number of nitrogens with one attached hydrogen (secondary N) is 2. The number of rotatable bonds is 5. The standard InChI is InChI=1S/C20H20ClN3O5/c1-28-16-8-5-12(21)10-14(16)23-20(27)19(26)22-13-6-7-15(17(11-13)29-2)24-9-3-4-18(24)25/h5-8,10-11H,3-4,9H2,1-2H3,(H,22,26)(H,23,27). The van der Waals surface area contributed by atoms with Crippen molar-refractivity contribution < 1.29 is 23.9 Å². The quantitative estimate of drug-likeness (QED) is 0.729. The van der Waals surface area contributed by atoms with E-state index in [1.807, 2.05) is 0 Å². The molecule has 0 aromatic heterocycles. The fraction of sp³-hybridized carbons (Fsp3) is 0.250. The van der Waals surface area contributed by atoms with E-state index in [2.05, 4.69) is 10.6 Å². The number of hydrogen-bond donors (Lipinski definition) is 2. The van der Waals surface area contributed by atoms with Crippen LogP contribution in [0.1, 0.15) is 12.8 Å². The SMILES string of the molecule is COc1ccc(Cl)cc1NC(=O)C(=O)Nc1ccc(N2CCCC2=O)c(OC)c1. The third-order valence-electron chi connectivity index (χ3n) is 4.42. The average Bonchev–Trinajstić information content (AvgIpc) is 3.13. The summed E-state index contributed by atoms with van der Waals surface area (Å²) < 4.78 is 10.5. The van der Waals surface area contributed by atoms with Crippen molar-refractivity contribution in [3.63, 3.8) is 0 Å². The molecular formula is C20H20ClN3O5. The number of anilines is 3. The average molecular weight is 418 g/mol. The minimum Gasteiger partial charge on any atom is -0.495 e. The molecule has 0 unspecified atom stereocenters. The maximum absolute atomic E-state index is 12.3. The van der Waals surface area contributed by atoms with Crippen molar-refractivity contribution in [2.45, 2.75) is 12.8 Å². The topological polar surface area (TPSA) is 97.0 Å². The summed E-state index contributed by atoms with van der Waals surface area (Å²) >= 11 is 5.93. The molecule has 0 spiro atoms. The van der Waals surface area contributed by atoms with E-state index in [0.29, 0.717) is 40.9 Å². The van der Waals surface area contributed by atoms with Crippen molar-refractivity contribution in [1.29, 1.82) is 0 Å². The summed E-state index contributed by atoms with van der Waals surface area (Å²) in [7, 11) is 2.92. The summed E-state index contributed by atoms with van der Waals surface area (Å²) in [4.78, 5) is 38.2. The molecule has 2 N–H and O–H groups in total. The smallest absolute Gasteiger partial charge is 0.314 e. The van der Waals surface area contributed by atoms with E-state index in [4.69, 9.17) is 21.1 Å². The molecule has 2 aromatic rings. The van der Waals surface area contributed by atoms with E-state index in [-0.39, 0.29) is 11.6 Å². The highest BCUT2D eigenvalue weighted by Crippen LogP contribution is 2.34. The molecular weight excluding hydrogens is 398 g/mol. The molecule has 9 heteroatoms. The lowest BCUT2D eigenvalue weighted by molar-refractivity contribution is -0.133. The summed E-state index contributed by atoms with van der Waals surface area (Å²) in [6.45, 7) is 0.616. The van der Waals surface area contributed by atoms with Gasteiger partial charge in [0.2, 0.25) is 5.91 Å². The number of amides is 3. The predicted octanol–water partition coefficient (Wildman–Crippen LogP) is 3.06. The molecule has 0 bridgehead atoms. The highest BCUT2D eigenvalue weighted by atomic mass is 35.5. The molecule has 8 nitrogen and oxygen atoms in total. The van der Waals surface area contributed by atoms with Gasteiger partial charge < -0.3 is 25.0 Å². The second-order valence-corrected chi connectivity index (χ2v) is 6.72. The van der Waals surface area contributed by atoms with Gasteiger partial charge in [-0.1, -0.05) is 11.6 Å². The Balaban J connectivity index is 1.72. The van der Waals surface area contributed by atoms with Gasteiger partial charge in [0.25, 0.3) is 0 Å². The zero-order valence-electron chi connectivity index (χ0n) is 16.0. The summed E-state index contributed by atoms with van der Waals surface area (Å²) in [5.41, 5.74) is 1.26. The molecule has 29 heavy (non-hydrogen) atoms. The second kappa shape index (κ2) is 8.83. The lowest BCUT2D eigenvalue weighted by Gasteiger charge is -2.19. The lowest BCUT2D eigenvalue weighted by Crippen LogP contribution is -2.29. The molecule has 1 aliphatic rings. The van der Waals surface area contributed by atoms with E-state index >= 15 is 0 Å². The van der Waals surface area contributed by atoms with Crippen molar-refractivity contribution in [2.75, 3.05) is 36.3 Å². The minimum atomic E-state index is -0.886. The van der Waals surface area contributed by atoms with Crippen LogP contribution in [0.25, 0.3) is 0 Å². The van der Waals surface area contributed by atoms with E-state index < -0.39 is 11.8 Å². The lowest BCUT2D eigenvalue weighted by atomic mass is 10.2. The number of nitrogens with zero attached hydrogens (tertiary/aromatic N) is 1. The summed E-state index contributed by atoms with van der Waals surface area (Å²) in [6.07, 6.45) is 1.28. The number of hydrogen-bond acceptors (Lipinski definition) is 5. The van der Waals surface area contributed by atoms with Crippen LogP contribution in [0.3, 0.4) is 0 Å². The molecule has 3 amide bonds. The molecule has 2 aromatic carbocycles. The molecule has 152 valence electrons. The van der Waals surface area contributed by atoms with Crippen molar-refractivity contribution >= 4 is 46.4 Å². The minimum absolute atomic E-state index is 0.0231. The first-order valence-electron chi connectivity index (χ1n) is 8.87. The Morgan fingerprint density at radius 2 is 1.72 bits per heavy atom. The van der Waals surface area contributed by atoms with Crippen LogP contribution >= 0.6 is 11.6 Å². The Labute approximate surface area is 172 Å². The molecule has 0 saturated carbocycles. The van der Waals surface area contributed by atoms with Crippen molar-refractivity contribution in [3.05, 3.63) is 41.4 Å². The zero-order chi connectivity index (χ0) is 21.0. The maximum atomic E-state index is 12.3. The monoisotopic (exact) mass is 417 g/mol. The van der Waals surface area contributed by atoms with E-state index in [1.165, 1.54) is 20.3 Å². The van der Waals surface area contributed by atoms with Crippen LogP contribution in [-0.4, -0.2) is 38.5 Å². The number of carbonyl (C=O) groups is 3. The van der Waals surface area contributed by atoms with E-state index in [0.717, 1.165) is 6.42 Å². The van der Waals surface area contributed by atoms with Crippen molar-refractivity contribution in [3.8, 4) is 11.5 Å². The van der Waals surface area contributed by atoms with E-state index in [1.54, 1.807) is 35.2 Å². The maximum Gasteiger partial charge on any atom is 0.314 e. The van der Waals surface area contributed by atoms with Crippen molar-refractivity contribution in [2.24, 2.45) is 0 Å². The van der Waals surface area contributed by atoms with Crippen LogP contribution in [0, 0.1) is 0 Å². The van der Waals surface area contributed by atoms with Gasteiger partial charge in [0.15, 0.2) is 0 Å².